The number of halogens is 1. The molecule has 14 heavy (non-hydrogen) atoms. The van der Waals surface area contributed by atoms with Gasteiger partial charge in [-0.3, -0.25) is 4.57 Å². The van der Waals surface area contributed by atoms with Crippen LogP contribution in [-0.2, 0) is 5.88 Å². The van der Waals surface area contributed by atoms with Crippen molar-refractivity contribution in [3.8, 4) is 5.69 Å². The van der Waals surface area contributed by atoms with E-state index in [0.29, 0.717) is 5.88 Å². The average molecular weight is 208 g/mol. The van der Waals surface area contributed by atoms with Gasteiger partial charge in [0.15, 0.2) is 5.82 Å². The van der Waals surface area contributed by atoms with Crippen LogP contribution in [0.15, 0.2) is 30.6 Å². The topological polar surface area (TPSA) is 30.7 Å². The minimum absolute atomic E-state index is 0.369. The van der Waals surface area contributed by atoms with Crippen molar-refractivity contribution in [3.63, 3.8) is 0 Å². The van der Waals surface area contributed by atoms with E-state index in [1.807, 2.05) is 35.8 Å². The number of hydrogen-bond acceptors (Lipinski definition) is 2. The SMILES string of the molecule is Cc1ccccc1-n1cnnc1CCl. The maximum atomic E-state index is 5.75. The molecule has 0 saturated heterocycles. The molecule has 3 nitrogen and oxygen atoms in total. The molecule has 1 aromatic heterocycles. The molecule has 0 aliphatic carbocycles. The number of rotatable bonds is 2. The Morgan fingerprint density at radius 3 is 2.86 bits per heavy atom. The van der Waals surface area contributed by atoms with Gasteiger partial charge in [-0.1, -0.05) is 18.2 Å². The first-order chi connectivity index (χ1) is 6.83. The van der Waals surface area contributed by atoms with Crippen LogP contribution in [0.25, 0.3) is 5.69 Å². The molecule has 0 bridgehead atoms. The Bertz CT molecular complexity index is 436. The van der Waals surface area contributed by atoms with Gasteiger partial charge in [-0.2, -0.15) is 0 Å². The summed E-state index contributed by atoms with van der Waals surface area (Å²) < 4.78 is 1.91. The van der Waals surface area contributed by atoms with Gasteiger partial charge in [0, 0.05) is 0 Å². The molecule has 0 spiro atoms. The molecular weight excluding hydrogens is 198 g/mol. The van der Waals surface area contributed by atoms with Crippen LogP contribution < -0.4 is 0 Å². The Morgan fingerprint density at radius 2 is 2.14 bits per heavy atom. The highest BCUT2D eigenvalue weighted by molar-refractivity contribution is 6.16. The average Bonchev–Trinajstić information content (AvgIpc) is 2.66. The van der Waals surface area contributed by atoms with E-state index in [4.69, 9.17) is 11.6 Å². The van der Waals surface area contributed by atoms with Crippen molar-refractivity contribution in [2.24, 2.45) is 0 Å². The number of para-hydroxylation sites is 1. The fourth-order valence-electron chi connectivity index (χ4n) is 1.38. The van der Waals surface area contributed by atoms with Crippen molar-refractivity contribution in [1.82, 2.24) is 14.8 Å². The summed E-state index contributed by atoms with van der Waals surface area (Å²) in [6.45, 7) is 2.05. The maximum absolute atomic E-state index is 5.75. The van der Waals surface area contributed by atoms with Crippen molar-refractivity contribution in [1.29, 1.82) is 0 Å². The van der Waals surface area contributed by atoms with E-state index in [0.717, 1.165) is 11.5 Å². The van der Waals surface area contributed by atoms with Gasteiger partial charge in [0.2, 0.25) is 0 Å². The van der Waals surface area contributed by atoms with E-state index in [1.165, 1.54) is 5.56 Å². The van der Waals surface area contributed by atoms with Crippen molar-refractivity contribution in [2.45, 2.75) is 12.8 Å². The van der Waals surface area contributed by atoms with E-state index in [9.17, 15) is 0 Å². The Balaban J connectivity index is 2.54. The van der Waals surface area contributed by atoms with Crippen LogP contribution in [0.5, 0.6) is 0 Å². The Labute approximate surface area is 87.3 Å². The summed E-state index contributed by atoms with van der Waals surface area (Å²) in [6.07, 6.45) is 1.68. The van der Waals surface area contributed by atoms with Crippen LogP contribution in [0.4, 0.5) is 0 Å². The molecule has 0 radical (unpaired) electrons. The Hall–Kier alpha value is -1.35. The second kappa shape index (κ2) is 3.80. The van der Waals surface area contributed by atoms with Crippen LogP contribution in [0.2, 0.25) is 0 Å². The maximum Gasteiger partial charge on any atom is 0.152 e. The number of aromatic nitrogens is 3. The standard InChI is InChI=1S/C10H10ClN3/c1-8-4-2-3-5-9(8)14-7-12-13-10(14)6-11/h2-5,7H,6H2,1H3. The molecule has 0 amide bonds. The van der Waals surface area contributed by atoms with Crippen molar-refractivity contribution in [2.75, 3.05) is 0 Å². The highest BCUT2D eigenvalue weighted by Crippen LogP contribution is 2.15. The van der Waals surface area contributed by atoms with Crippen LogP contribution in [0.1, 0.15) is 11.4 Å². The number of nitrogens with zero attached hydrogens (tertiary/aromatic N) is 3. The van der Waals surface area contributed by atoms with Crippen LogP contribution in [-0.4, -0.2) is 14.8 Å². The van der Waals surface area contributed by atoms with Gasteiger partial charge in [-0.25, -0.2) is 0 Å². The molecule has 0 N–H and O–H groups in total. The fraction of sp³-hybridized carbons (Fsp3) is 0.200. The Morgan fingerprint density at radius 1 is 1.36 bits per heavy atom. The summed E-state index contributed by atoms with van der Waals surface area (Å²) in [5.74, 6) is 1.13. The molecule has 0 aliphatic heterocycles. The quantitative estimate of drug-likeness (QED) is 0.708. The lowest BCUT2D eigenvalue weighted by Crippen LogP contribution is -1.99. The monoisotopic (exact) mass is 207 g/mol. The van der Waals surface area contributed by atoms with E-state index >= 15 is 0 Å². The molecular formula is C10H10ClN3. The van der Waals surface area contributed by atoms with Gasteiger partial charge in [-0.15, -0.1) is 21.8 Å². The smallest absolute Gasteiger partial charge is 0.152 e. The van der Waals surface area contributed by atoms with Crippen molar-refractivity contribution >= 4 is 11.6 Å². The summed E-state index contributed by atoms with van der Waals surface area (Å²) in [5.41, 5.74) is 2.26. The van der Waals surface area contributed by atoms with Crippen molar-refractivity contribution < 1.29 is 0 Å². The third kappa shape index (κ3) is 1.51. The van der Waals surface area contributed by atoms with E-state index in [1.54, 1.807) is 6.33 Å². The van der Waals surface area contributed by atoms with Crippen LogP contribution in [0.3, 0.4) is 0 Å². The molecule has 1 aromatic carbocycles. The first kappa shape index (κ1) is 9.21. The third-order valence-corrected chi connectivity index (χ3v) is 2.35. The predicted octanol–water partition coefficient (Wildman–Crippen LogP) is 2.31. The van der Waals surface area contributed by atoms with Gasteiger partial charge in [-0.05, 0) is 18.6 Å². The zero-order chi connectivity index (χ0) is 9.97. The molecule has 72 valence electrons. The van der Waals surface area contributed by atoms with Crippen molar-refractivity contribution in [3.05, 3.63) is 42.0 Å². The highest BCUT2D eigenvalue weighted by atomic mass is 35.5. The lowest BCUT2D eigenvalue weighted by Gasteiger charge is -2.07. The summed E-state index contributed by atoms with van der Waals surface area (Å²) in [4.78, 5) is 0. The fourth-order valence-corrected chi connectivity index (χ4v) is 1.57. The largest absolute Gasteiger partial charge is 0.284 e. The van der Waals surface area contributed by atoms with Gasteiger partial charge in [0.05, 0.1) is 11.6 Å². The third-order valence-electron chi connectivity index (χ3n) is 2.11. The second-order valence-corrected chi connectivity index (χ2v) is 3.30. The number of hydrogen-bond donors (Lipinski definition) is 0. The van der Waals surface area contributed by atoms with E-state index in [2.05, 4.69) is 10.2 Å². The predicted molar refractivity (Wildman–Crippen MR) is 55.7 cm³/mol. The molecule has 4 heteroatoms. The molecule has 2 rings (SSSR count). The van der Waals surface area contributed by atoms with Gasteiger partial charge in [0.25, 0.3) is 0 Å². The van der Waals surface area contributed by atoms with Gasteiger partial charge < -0.3 is 0 Å². The normalized spacial score (nSPS) is 10.4. The first-order valence-corrected chi connectivity index (χ1v) is 4.87. The summed E-state index contributed by atoms with van der Waals surface area (Å²) in [5, 5.41) is 7.77. The van der Waals surface area contributed by atoms with E-state index in [-0.39, 0.29) is 0 Å². The molecule has 0 unspecified atom stereocenters. The number of alkyl halides is 1. The summed E-state index contributed by atoms with van der Waals surface area (Å²) in [7, 11) is 0. The molecule has 0 aliphatic rings. The minimum Gasteiger partial charge on any atom is -0.284 e. The number of benzene rings is 1. The second-order valence-electron chi connectivity index (χ2n) is 3.04. The molecule has 0 saturated carbocycles. The molecule has 2 aromatic rings. The molecule has 0 fully saturated rings. The number of aryl methyl sites for hydroxylation is 1. The Kier molecular flexibility index (Phi) is 2.50. The summed E-state index contributed by atoms with van der Waals surface area (Å²) >= 11 is 5.75. The summed E-state index contributed by atoms with van der Waals surface area (Å²) in [6, 6.07) is 8.06. The lowest BCUT2D eigenvalue weighted by molar-refractivity contribution is 0.943. The highest BCUT2D eigenvalue weighted by Gasteiger charge is 2.05. The molecule has 0 atom stereocenters. The minimum atomic E-state index is 0.369. The van der Waals surface area contributed by atoms with Gasteiger partial charge >= 0.3 is 0 Å². The van der Waals surface area contributed by atoms with E-state index < -0.39 is 0 Å². The zero-order valence-corrected chi connectivity index (χ0v) is 8.57. The van der Waals surface area contributed by atoms with Crippen LogP contribution in [0, 0.1) is 6.92 Å². The zero-order valence-electron chi connectivity index (χ0n) is 7.81. The lowest BCUT2D eigenvalue weighted by atomic mass is 10.2. The van der Waals surface area contributed by atoms with Crippen LogP contribution >= 0.6 is 11.6 Å². The van der Waals surface area contributed by atoms with Gasteiger partial charge in [0.1, 0.15) is 6.33 Å². The molecule has 1 heterocycles. The first-order valence-electron chi connectivity index (χ1n) is 4.34.